The van der Waals surface area contributed by atoms with Crippen LogP contribution in [0, 0.1) is 17.7 Å². The predicted octanol–water partition coefficient (Wildman–Crippen LogP) is 3.68. The van der Waals surface area contributed by atoms with Gasteiger partial charge in [-0.2, -0.15) is 0 Å². The zero-order valence-electron chi connectivity index (χ0n) is 11.5. The average molecular weight is 280 g/mol. The van der Waals surface area contributed by atoms with E-state index in [1.165, 1.54) is 13.2 Å². The number of ether oxygens (including phenoxy) is 1. The van der Waals surface area contributed by atoms with E-state index in [-0.39, 0.29) is 5.82 Å². The first-order valence-corrected chi connectivity index (χ1v) is 6.32. The minimum Gasteiger partial charge on any atom is -0.465 e. The third-order valence-electron chi connectivity index (χ3n) is 2.79. The highest BCUT2D eigenvalue weighted by atomic mass is 19.1. The number of benzene rings is 2. The average Bonchev–Trinajstić information content (AvgIpc) is 2.52. The summed E-state index contributed by atoms with van der Waals surface area (Å²) < 4.78 is 18.1. The van der Waals surface area contributed by atoms with Crippen molar-refractivity contribution in [1.82, 2.24) is 0 Å². The van der Waals surface area contributed by atoms with Gasteiger partial charge in [0.05, 0.1) is 12.7 Å². The Morgan fingerprint density at radius 3 is 2.62 bits per heavy atom. The summed E-state index contributed by atoms with van der Waals surface area (Å²) in [6.45, 7) is 0. The molecular formula is C18H13FO2. The van der Waals surface area contributed by atoms with E-state index in [0.717, 1.165) is 0 Å². The summed E-state index contributed by atoms with van der Waals surface area (Å²) in [5.41, 5.74) is 1.45. The Morgan fingerprint density at radius 1 is 1.14 bits per heavy atom. The van der Waals surface area contributed by atoms with Gasteiger partial charge in [-0.25, -0.2) is 9.18 Å². The van der Waals surface area contributed by atoms with Crippen LogP contribution in [0.25, 0.3) is 6.08 Å². The number of esters is 1. The fourth-order valence-corrected chi connectivity index (χ4v) is 1.74. The molecule has 0 spiro atoms. The van der Waals surface area contributed by atoms with Gasteiger partial charge in [-0.15, -0.1) is 0 Å². The van der Waals surface area contributed by atoms with Crippen LogP contribution in [0.2, 0.25) is 0 Å². The SMILES string of the molecule is COC(=O)c1ccccc1C#C/C=C/c1ccccc1F. The van der Waals surface area contributed by atoms with Crippen LogP contribution in [0.4, 0.5) is 4.39 Å². The van der Waals surface area contributed by atoms with E-state index in [4.69, 9.17) is 4.74 Å². The summed E-state index contributed by atoms with van der Waals surface area (Å²) in [5.74, 6) is 4.92. The molecule has 2 aromatic rings. The Bertz CT molecular complexity index is 736. The second kappa shape index (κ2) is 7.06. The highest BCUT2D eigenvalue weighted by Gasteiger charge is 2.08. The topological polar surface area (TPSA) is 26.3 Å². The third kappa shape index (κ3) is 3.80. The molecule has 2 nitrogen and oxygen atoms in total. The monoisotopic (exact) mass is 280 g/mol. The van der Waals surface area contributed by atoms with Crippen molar-refractivity contribution in [2.24, 2.45) is 0 Å². The highest BCUT2D eigenvalue weighted by Crippen LogP contribution is 2.09. The molecule has 0 N–H and O–H groups in total. The van der Waals surface area contributed by atoms with Gasteiger partial charge in [-0.1, -0.05) is 42.2 Å². The second-order valence-electron chi connectivity index (χ2n) is 4.16. The predicted molar refractivity (Wildman–Crippen MR) is 80.1 cm³/mol. The van der Waals surface area contributed by atoms with Crippen LogP contribution in [0.3, 0.4) is 0 Å². The molecule has 0 fully saturated rings. The number of carbonyl (C=O) groups excluding carboxylic acids is 1. The van der Waals surface area contributed by atoms with Crippen molar-refractivity contribution in [2.75, 3.05) is 7.11 Å². The van der Waals surface area contributed by atoms with Crippen molar-refractivity contribution in [3.63, 3.8) is 0 Å². The van der Waals surface area contributed by atoms with E-state index in [9.17, 15) is 9.18 Å². The maximum Gasteiger partial charge on any atom is 0.339 e. The lowest BCUT2D eigenvalue weighted by molar-refractivity contribution is 0.0600. The molecule has 2 rings (SSSR count). The van der Waals surface area contributed by atoms with Gasteiger partial charge in [0.25, 0.3) is 0 Å². The second-order valence-corrected chi connectivity index (χ2v) is 4.16. The van der Waals surface area contributed by atoms with Gasteiger partial charge in [0.1, 0.15) is 5.82 Å². The Balaban J connectivity index is 2.21. The molecular weight excluding hydrogens is 267 g/mol. The van der Waals surface area contributed by atoms with Gasteiger partial charge < -0.3 is 4.74 Å². The molecule has 0 aliphatic heterocycles. The van der Waals surface area contributed by atoms with Crippen molar-refractivity contribution in [3.8, 4) is 11.8 Å². The summed E-state index contributed by atoms with van der Waals surface area (Å²) in [6, 6.07) is 13.3. The van der Waals surface area contributed by atoms with Gasteiger partial charge in [-0.3, -0.25) is 0 Å². The number of rotatable bonds is 2. The lowest BCUT2D eigenvalue weighted by Crippen LogP contribution is -2.03. The minimum absolute atomic E-state index is 0.300. The van der Waals surface area contributed by atoms with Crippen molar-refractivity contribution in [1.29, 1.82) is 0 Å². The normalized spacial score (nSPS) is 10.0. The smallest absolute Gasteiger partial charge is 0.339 e. The maximum absolute atomic E-state index is 13.4. The number of halogens is 1. The first-order chi connectivity index (χ1) is 10.2. The first kappa shape index (κ1) is 14.5. The molecule has 0 aromatic heterocycles. The Hall–Kier alpha value is -2.86. The van der Waals surface area contributed by atoms with Crippen LogP contribution < -0.4 is 0 Å². The molecule has 2 aromatic carbocycles. The fraction of sp³-hybridized carbons (Fsp3) is 0.0556. The molecule has 0 bridgehead atoms. The zero-order valence-corrected chi connectivity index (χ0v) is 11.5. The Morgan fingerprint density at radius 2 is 1.86 bits per heavy atom. The lowest BCUT2D eigenvalue weighted by Gasteiger charge is -2.00. The molecule has 0 saturated carbocycles. The van der Waals surface area contributed by atoms with Gasteiger partial charge in [0, 0.05) is 11.1 Å². The van der Waals surface area contributed by atoms with E-state index in [1.54, 1.807) is 54.6 Å². The molecule has 0 saturated heterocycles. The van der Waals surface area contributed by atoms with Gasteiger partial charge in [0.15, 0.2) is 0 Å². The molecule has 0 unspecified atom stereocenters. The first-order valence-electron chi connectivity index (χ1n) is 6.32. The van der Waals surface area contributed by atoms with Gasteiger partial charge in [-0.05, 0) is 30.4 Å². The van der Waals surface area contributed by atoms with Crippen LogP contribution in [0.15, 0.2) is 54.6 Å². The zero-order chi connectivity index (χ0) is 15.1. The number of allylic oxidation sites excluding steroid dienone is 1. The standard InChI is InChI=1S/C18H13FO2/c1-21-18(20)16-12-6-4-9-14(16)8-2-3-10-15-11-5-7-13-17(15)19/h3-7,9-13H,1H3/b10-3+. The summed E-state index contributed by atoms with van der Waals surface area (Å²) in [6.07, 6.45) is 3.13. The molecule has 0 atom stereocenters. The number of methoxy groups -OCH3 is 1. The van der Waals surface area contributed by atoms with Crippen molar-refractivity contribution in [2.45, 2.75) is 0 Å². The quantitative estimate of drug-likeness (QED) is 0.619. The number of carbonyl (C=O) groups is 1. The molecule has 3 heteroatoms. The van der Waals surface area contributed by atoms with E-state index >= 15 is 0 Å². The number of hydrogen-bond donors (Lipinski definition) is 0. The Kier molecular flexibility index (Phi) is 4.89. The molecule has 0 amide bonds. The molecule has 0 radical (unpaired) electrons. The molecule has 0 aliphatic carbocycles. The van der Waals surface area contributed by atoms with Gasteiger partial charge >= 0.3 is 5.97 Å². The van der Waals surface area contributed by atoms with Crippen LogP contribution in [0.5, 0.6) is 0 Å². The summed E-state index contributed by atoms with van der Waals surface area (Å²) >= 11 is 0. The molecule has 0 aliphatic rings. The summed E-state index contributed by atoms with van der Waals surface area (Å²) in [5, 5.41) is 0. The molecule has 104 valence electrons. The van der Waals surface area contributed by atoms with Crippen LogP contribution in [0.1, 0.15) is 21.5 Å². The van der Waals surface area contributed by atoms with Crippen LogP contribution in [-0.2, 0) is 4.74 Å². The lowest BCUT2D eigenvalue weighted by atomic mass is 10.1. The van der Waals surface area contributed by atoms with Crippen molar-refractivity contribution in [3.05, 3.63) is 77.1 Å². The van der Waals surface area contributed by atoms with E-state index in [0.29, 0.717) is 16.7 Å². The van der Waals surface area contributed by atoms with E-state index in [1.807, 2.05) is 0 Å². The van der Waals surface area contributed by atoms with Gasteiger partial charge in [0.2, 0.25) is 0 Å². The third-order valence-corrected chi connectivity index (χ3v) is 2.79. The largest absolute Gasteiger partial charge is 0.465 e. The minimum atomic E-state index is -0.432. The Labute approximate surface area is 122 Å². The number of hydrogen-bond acceptors (Lipinski definition) is 2. The molecule has 0 heterocycles. The van der Waals surface area contributed by atoms with Crippen LogP contribution >= 0.6 is 0 Å². The van der Waals surface area contributed by atoms with E-state index in [2.05, 4.69) is 11.8 Å². The van der Waals surface area contributed by atoms with Crippen molar-refractivity contribution >= 4 is 12.0 Å². The summed E-state index contributed by atoms with van der Waals surface area (Å²) in [4.78, 5) is 11.6. The van der Waals surface area contributed by atoms with E-state index < -0.39 is 5.97 Å². The maximum atomic E-state index is 13.4. The summed E-state index contributed by atoms with van der Waals surface area (Å²) in [7, 11) is 1.32. The highest BCUT2D eigenvalue weighted by molar-refractivity contribution is 5.92. The van der Waals surface area contributed by atoms with Crippen molar-refractivity contribution < 1.29 is 13.9 Å². The molecule has 21 heavy (non-hydrogen) atoms. The fourth-order valence-electron chi connectivity index (χ4n) is 1.74. The van der Waals surface area contributed by atoms with Crippen LogP contribution in [-0.4, -0.2) is 13.1 Å².